The molecule has 3 atom stereocenters. The molecule has 0 bridgehead atoms. The van der Waals surface area contributed by atoms with E-state index in [0.29, 0.717) is 30.0 Å². The number of carbonyl (C=O) groups is 2. The third kappa shape index (κ3) is 4.03. The molecule has 4 rings (SSSR count). The molecule has 0 aromatic carbocycles. The van der Waals surface area contributed by atoms with Gasteiger partial charge in [0.15, 0.2) is 5.69 Å². The molecule has 2 amide bonds. The molecule has 8 nitrogen and oxygen atoms in total. The first-order chi connectivity index (χ1) is 12.9. The van der Waals surface area contributed by atoms with Crippen LogP contribution in [0.1, 0.15) is 61.5 Å². The summed E-state index contributed by atoms with van der Waals surface area (Å²) in [5, 5.41) is 8.36. The van der Waals surface area contributed by atoms with Gasteiger partial charge in [0.25, 0.3) is 5.91 Å². The molecule has 0 spiro atoms. The van der Waals surface area contributed by atoms with Gasteiger partial charge in [0.05, 0.1) is 12.2 Å². The largest absolute Gasteiger partial charge is 0.345 e. The summed E-state index contributed by atoms with van der Waals surface area (Å²) in [6.45, 7) is 0.808. The fourth-order valence-electron chi connectivity index (χ4n) is 5.07. The van der Waals surface area contributed by atoms with Gasteiger partial charge in [-0.25, -0.2) is 4.68 Å². The third-order valence-corrected chi connectivity index (χ3v) is 6.90. The second kappa shape index (κ2) is 8.37. The Morgan fingerprint density at radius 3 is 2.61 bits per heavy atom. The summed E-state index contributed by atoms with van der Waals surface area (Å²) in [4.78, 5) is 28.5. The van der Waals surface area contributed by atoms with E-state index in [1.807, 2.05) is 28.6 Å². The highest BCUT2D eigenvalue weighted by Gasteiger charge is 2.42. The Bertz CT molecular complexity index is 717. The number of rotatable bonds is 3. The van der Waals surface area contributed by atoms with Gasteiger partial charge in [0.1, 0.15) is 0 Å². The van der Waals surface area contributed by atoms with Crippen LogP contribution in [0.3, 0.4) is 0 Å². The molecule has 0 radical (unpaired) electrons. The normalized spacial score (nSPS) is 32.6. The standard InChI is InChI=1S/C19H30N6O2.ClH/c1-23-10-13-8-16(7-12(13)9-18(23)26)24(2)19(27)17-11-25(22-21-17)15-5-3-14(20)4-6-15;/h11-16H,3-10,20H2,1-2H3;1H/t12-,13+,14?,15?,16-;/m0./s1. The summed E-state index contributed by atoms with van der Waals surface area (Å²) < 4.78 is 1.84. The number of hydrogen-bond donors (Lipinski definition) is 1. The molecular formula is C19H31ClN6O2. The van der Waals surface area contributed by atoms with E-state index in [1.165, 1.54) is 0 Å². The summed E-state index contributed by atoms with van der Waals surface area (Å²) in [5.41, 5.74) is 6.39. The second-order valence-corrected chi connectivity index (χ2v) is 8.69. The van der Waals surface area contributed by atoms with E-state index in [-0.39, 0.29) is 36.3 Å². The van der Waals surface area contributed by atoms with Crippen molar-refractivity contribution in [2.45, 2.75) is 63.1 Å². The molecule has 3 fully saturated rings. The van der Waals surface area contributed by atoms with Gasteiger partial charge in [-0.1, -0.05) is 5.21 Å². The maximum absolute atomic E-state index is 12.9. The van der Waals surface area contributed by atoms with Crippen LogP contribution in [0.2, 0.25) is 0 Å². The van der Waals surface area contributed by atoms with Crippen LogP contribution in [-0.4, -0.2) is 69.3 Å². The summed E-state index contributed by atoms with van der Waals surface area (Å²) >= 11 is 0. The number of carbonyl (C=O) groups excluding carboxylic acids is 2. The number of nitrogens with zero attached hydrogens (tertiary/aromatic N) is 5. The van der Waals surface area contributed by atoms with Gasteiger partial charge in [0, 0.05) is 39.1 Å². The summed E-state index contributed by atoms with van der Waals surface area (Å²) in [6.07, 6.45) is 8.22. The Morgan fingerprint density at radius 2 is 1.89 bits per heavy atom. The van der Waals surface area contributed by atoms with Gasteiger partial charge in [-0.2, -0.15) is 0 Å². The highest BCUT2D eigenvalue weighted by Crippen LogP contribution is 2.40. The van der Waals surface area contributed by atoms with E-state index < -0.39 is 0 Å². The first-order valence-corrected chi connectivity index (χ1v) is 10.1. The zero-order valence-corrected chi connectivity index (χ0v) is 17.5. The molecule has 2 N–H and O–H groups in total. The van der Waals surface area contributed by atoms with Gasteiger partial charge >= 0.3 is 0 Å². The lowest BCUT2D eigenvalue weighted by molar-refractivity contribution is -0.134. The van der Waals surface area contributed by atoms with Gasteiger partial charge in [-0.3, -0.25) is 9.59 Å². The number of halogens is 1. The van der Waals surface area contributed by atoms with E-state index in [0.717, 1.165) is 45.1 Å². The molecule has 9 heteroatoms. The number of piperidine rings is 1. The molecule has 156 valence electrons. The van der Waals surface area contributed by atoms with Crippen LogP contribution < -0.4 is 5.73 Å². The molecule has 28 heavy (non-hydrogen) atoms. The quantitative estimate of drug-likeness (QED) is 0.813. The maximum Gasteiger partial charge on any atom is 0.276 e. The van der Waals surface area contributed by atoms with Crippen molar-refractivity contribution < 1.29 is 9.59 Å². The minimum Gasteiger partial charge on any atom is -0.345 e. The second-order valence-electron chi connectivity index (χ2n) is 8.69. The zero-order chi connectivity index (χ0) is 19.1. The molecule has 2 heterocycles. The van der Waals surface area contributed by atoms with Crippen molar-refractivity contribution in [2.75, 3.05) is 20.6 Å². The maximum atomic E-state index is 12.9. The fourth-order valence-corrected chi connectivity index (χ4v) is 5.07. The lowest BCUT2D eigenvalue weighted by Gasteiger charge is -2.31. The Labute approximate surface area is 172 Å². The molecule has 2 aliphatic carbocycles. The van der Waals surface area contributed by atoms with E-state index in [2.05, 4.69) is 10.3 Å². The molecule has 2 saturated carbocycles. The summed E-state index contributed by atoms with van der Waals surface area (Å²) in [7, 11) is 3.73. The van der Waals surface area contributed by atoms with Crippen molar-refractivity contribution >= 4 is 24.2 Å². The number of fused-ring (bicyclic) bond motifs is 1. The van der Waals surface area contributed by atoms with Crippen molar-refractivity contribution in [1.82, 2.24) is 24.8 Å². The lowest BCUT2D eigenvalue weighted by Crippen LogP contribution is -2.40. The van der Waals surface area contributed by atoms with Crippen molar-refractivity contribution in [1.29, 1.82) is 0 Å². The first kappa shape index (κ1) is 21.0. The SMILES string of the molecule is CN1C[C@H]2C[C@@H](N(C)C(=O)c3cn(C4CCC(N)CC4)nn3)C[C@H]2CC1=O.Cl. The molecule has 1 saturated heterocycles. The lowest BCUT2D eigenvalue weighted by atomic mass is 9.88. The van der Waals surface area contributed by atoms with E-state index in [1.54, 1.807) is 6.20 Å². The third-order valence-electron chi connectivity index (χ3n) is 6.90. The highest BCUT2D eigenvalue weighted by atomic mass is 35.5. The Morgan fingerprint density at radius 1 is 1.21 bits per heavy atom. The smallest absolute Gasteiger partial charge is 0.276 e. The van der Waals surface area contributed by atoms with Gasteiger partial charge < -0.3 is 15.5 Å². The van der Waals surface area contributed by atoms with Gasteiger partial charge in [-0.15, -0.1) is 17.5 Å². The Kier molecular flexibility index (Phi) is 6.29. The van der Waals surface area contributed by atoms with Crippen LogP contribution in [0.25, 0.3) is 0 Å². The Hall–Kier alpha value is -1.67. The van der Waals surface area contributed by atoms with Crippen LogP contribution in [0.15, 0.2) is 6.20 Å². The van der Waals surface area contributed by atoms with Crippen LogP contribution in [0, 0.1) is 11.8 Å². The number of amides is 2. The van der Waals surface area contributed by atoms with Crippen molar-refractivity contribution in [3.63, 3.8) is 0 Å². The molecular weight excluding hydrogens is 380 g/mol. The summed E-state index contributed by atoms with van der Waals surface area (Å²) in [5.74, 6) is 1.05. The molecule has 1 aromatic heterocycles. The molecule has 1 aliphatic heterocycles. The van der Waals surface area contributed by atoms with Crippen molar-refractivity contribution in [2.24, 2.45) is 17.6 Å². The van der Waals surface area contributed by atoms with Crippen molar-refractivity contribution in [3.8, 4) is 0 Å². The summed E-state index contributed by atoms with van der Waals surface area (Å²) in [6, 6.07) is 0.749. The van der Waals surface area contributed by atoms with Gasteiger partial charge in [-0.05, 0) is 50.4 Å². The topological polar surface area (TPSA) is 97.3 Å². The number of likely N-dealkylation sites (tertiary alicyclic amines) is 1. The van der Waals surface area contributed by atoms with Crippen LogP contribution in [-0.2, 0) is 4.79 Å². The molecule has 3 aliphatic rings. The Balaban J connectivity index is 0.00000225. The van der Waals surface area contributed by atoms with Crippen LogP contribution in [0.5, 0.6) is 0 Å². The minimum absolute atomic E-state index is 0. The van der Waals surface area contributed by atoms with Crippen LogP contribution in [0.4, 0.5) is 0 Å². The monoisotopic (exact) mass is 410 g/mol. The number of hydrogen-bond acceptors (Lipinski definition) is 5. The first-order valence-electron chi connectivity index (χ1n) is 10.1. The van der Waals surface area contributed by atoms with E-state index in [9.17, 15) is 9.59 Å². The molecule has 0 unspecified atom stereocenters. The highest BCUT2D eigenvalue weighted by molar-refractivity contribution is 5.92. The van der Waals surface area contributed by atoms with Crippen LogP contribution >= 0.6 is 12.4 Å². The van der Waals surface area contributed by atoms with Crippen molar-refractivity contribution in [3.05, 3.63) is 11.9 Å². The average Bonchev–Trinajstić information content (AvgIpc) is 3.29. The zero-order valence-electron chi connectivity index (χ0n) is 16.7. The minimum atomic E-state index is -0.0721. The van der Waals surface area contributed by atoms with Gasteiger partial charge in [0.2, 0.25) is 5.91 Å². The number of aromatic nitrogens is 3. The number of nitrogens with two attached hydrogens (primary N) is 1. The van der Waals surface area contributed by atoms with E-state index >= 15 is 0 Å². The molecule has 1 aromatic rings. The average molecular weight is 411 g/mol. The predicted molar refractivity (Wildman–Crippen MR) is 107 cm³/mol. The van der Waals surface area contributed by atoms with E-state index in [4.69, 9.17) is 5.73 Å². The predicted octanol–water partition coefficient (Wildman–Crippen LogP) is 1.47. The fraction of sp³-hybridized carbons (Fsp3) is 0.789.